The van der Waals surface area contributed by atoms with Gasteiger partial charge in [-0.2, -0.15) is 0 Å². The molecule has 0 heterocycles. The molecule has 0 fully saturated rings. The molecule has 0 aromatic heterocycles. The molecule has 0 aliphatic carbocycles. The molecule has 0 aromatic rings. The summed E-state index contributed by atoms with van der Waals surface area (Å²) in [5.41, 5.74) is 0. The minimum Gasteiger partial charge on any atom is -0.377 e. The summed E-state index contributed by atoms with van der Waals surface area (Å²) in [5, 5.41) is 3.29. The maximum atomic E-state index is 5.48. The van der Waals surface area contributed by atoms with Crippen molar-refractivity contribution < 1.29 is 4.74 Å². The zero-order chi connectivity index (χ0) is 8.53. The molecule has 0 aliphatic rings. The second kappa shape index (κ2) is 8.02. The van der Waals surface area contributed by atoms with Gasteiger partial charge in [0.15, 0.2) is 0 Å². The van der Waals surface area contributed by atoms with Crippen molar-refractivity contribution in [2.45, 2.75) is 39.7 Å². The molecule has 68 valence electrons. The number of hydrogen-bond donors (Lipinski definition) is 1. The maximum absolute atomic E-state index is 5.48. The van der Waals surface area contributed by atoms with Gasteiger partial charge in [-0.3, -0.25) is 0 Å². The molecule has 1 unspecified atom stereocenters. The van der Waals surface area contributed by atoms with Crippen molar-refractivity contribution in [1.82, 2.24) is 5.32 Å². The molecule has 2 nitrogen and oxygen atoms in total. The van der Waals surface area contributed by atoms with E-state index in [1.807, 2.05) is 0 Å². The Bertz CT molecular complexity index is 76.0. The summed E-state index contributed by atoms with van der Waals surface area (Å²) in [6.45, 7) is 9.35. The van der Waals surface area contributed by atoms with Gasteiger partial charge in [-0.1, -0.05) is 13.8 Å². The van der Waals surface area contributed by atoms with Gasteiger partial charge < -0.3 is 10.1 Å². The lowest BCUT2D eigenvalue weighted by Crippen LogP contribution is -2.22. The van der Waals surface area contributed by atoms with Crippen LogP contribution in [0.3, 0.4) is 0 Å². The molecule has 2 heteroatoms. The molecule has 0 saturated carbocycles. The van der Waals surface area contributed by atoms with Gasteiger partial charge in [0.1, 0.15) is 0 Å². The van der Waals surface area contributed by atoms with Gasteiger partial charge in [-0.25, -0.2) is 0 Å². The van der Waals surface area contributed by atoms with Crippen molar-refractivity contribution in [3.05, 3.63) is 0 Å². The van der Waals surface area contributed by atoms with Crippen LogP contribution in [0.25, 0.3) is 0 Å². The van der Waals surface area contributed by atoms with Crippen LogP contribution in [0.4, 0.5) is 0 Å². The molecule has 0 spiro atoms. The van der Waals surface area contributed by atoms with Gasteiger partial charge >= 0.3 is 0 Å². The molecule has 11 heavy (non-hydrogen) atoms. The van der Waals surface area contributed by atoms with E-state index in [1.54, 1.807) is 0 Å². The normalized spacial score (nSPS) is 13.4. The fourth-order valence-electron chi connectivity index (χ4n) is 0.752. The van der Waals surface area contributed by atoms with Gasteiger partial charge in [0, 0.05) is 6.54 Å². The lowest BCUT2D eigenvalue weighted by molar-refractivity contribution is 0.0657. The molecule has 0 rings (SSSR count). The lowest BCUT2D eigenvalue weighted by atomic mass is 10.3. The van der Waals surface area contributed by atoms with E-state index < -0.39 is 0 Å². The molecule has 0 amide bonds. The fraction of sp³-hybridized carbons (Fsp3) is 1.00. The van der Waals surface area contributed by atoms with Crippen molar-refractivity contribution in [2.24, 2.45) is 0 Å². The van der Waals surface area contributed by atoms with Crippen LogP contribution >= 0.6 is 0 Å². The first-order valence-electron chi connectivity index (χ1n) is 4.63. The van der Waals surface area contributed by atoms with Crippen LogP contribution in [0.5, 0.6) is 0 Å². The van der Waals surface area contributed by atoms with E-state index in [2.05, 4.69) is 26.1 Å². The van der Waals surface area contributed by atoms with Crippen molar-refractivity contribution in [1.29, 1.82) is 0 Å². The molecule has 1 atom stereocenters. The first kappa shape index (κ1) is 10.9. The van der Waals surface area contributed by atoms with Crippen molar-refractivity contribution in [3.8, 4) is 0 Å². The Morgan fingerprint density at radius 1 is 1.27 bits per heavy atom. The summed E-state index contributed by atoms with van der Waals surface area (Å²) in [7, 11) is 0. The predicted molar refractivity (Wildman–Crippen MR) is 48.9 cm³/mol. The van der Waals surface area contributed by atoms with E-state index >= 15 is 0 Å². The van der Waals surface area contributed by atoms with Gasteiger partial charge in [-0.15, -0.1) is 0 Å². The highest BCUT2D eigenvalue weighted by atomic mass is 16.5. The summed E-state index contributed by atoms with van der Waals surface area (Å²) in [6, 6.07) is 0. The van der Waals surface area contributed by atoms with E-state index in [0.717, 1.165) is 26.1 Å². The number of rotatable bonds is 7. The number of ether oxygens (including phenoxy) is 1. The number of nitrogens with one attached hydrogen (secondary N) is 1. The largest absolute Gasteiger partial charge is 0.377 e. The van der Waals surface area contributed by atoms with Crippen LogP contribution in [-0.4, -0.2) is 25.8 Å². The maximum Gasteiger partial charge on any atom is 0.0594 e. The third-order valence-corrected chi connectivity index (χ3v) is 1.68. The second-order valence-corrected chi connectivity index (χ2v) is 2.84. The zero-order valence-electron chi connectivity index (χ0n) is 8.02. The second-order valence-electron chi connectivity index (χ2n) is 2.84. The minimum absolute atomic E-state index is 0.415. The zero-order valence-corrected chi connectivity index (χ0v) is 8.02. The van der Waals surface area contributed by atoms with E-state index in [-0.39, 0.29) is 0 Å². The highest BCUT2D eigenvalue weighted by Gasteiger charge is 1.95. The topological polar surface area (TPSA) is 21.3 Å². The molecule has 0 saturated heterocycles. The Morgan fingerprint density at radius 2 is 2.00 bits per heavy atom. The molecule has 0 bridgehead atoms. The highest BCUT2D eigenvalue weighted by molar-refractivity contribution is 4.47. The van der Waals surface area contributed by atoms with Gasteiger partial charge in [0.2, 0.25) is 0 Å². The molecule has 0 radical (unpaired) electrons. The minimum atomic E-state index is 0.415. The van der Waals surface area contributed by atoms with E-state index in [4.69, 9.17) is 4.74 Å². The Labute approximate surface area is 70.3 Å². The Hall–Kier alpha value is -0.0800. The molecule has 0 aromatic carbocycles. The standard InChI is InChI=1S/C9H21NO/c1-4-6-10-7-8-11-9(3)5-2/h9-10H,4-8H2,1-3H3. The van der Waals surface area contributed by atoms with Crippen LogP contribution < -0.4 is 5.32 Å². The Balaban J connectivity index is 2.89. The van der Waals surface area contributed by atoms with E-state index in [1.165, 1.54) is 6.42 Å². The highest BCUT2D eigenvalue weighted by Crippen LogP contribution is 1.93. The summed E-state index contributed by atoms with van der Waals surface area (Å²) < 4.78 is 5.48. The molecular formula is C9H21NO. The van der Waals surface area contributed by atoms with Crippen LogP contribution in [0, 0.1) is 0 Å². The molecule has 0 aliphatic heterocycles. The summed E-state index contributed by atoms with van der Waals surface area (Å²) in [5.74, 6) is 0. The van der Waals surface area contributed by atoms with Crippen LogP contribution in [-0.2, 0) is 4.74 Å². The Kier molecular flexibility index (Phi) is 7.96. The predicted octanol–water partition coefficient (Wildman–Crippen LogP) is 1.80. The number of hydrogen-bond acceptors (Lipinski definition) is 2. The third-order valence-electron chi connectivity index (χ3n) is 1.68. The Morgan fingerprint density at radius 3 is 2.55 bits per heavy atom. The smallest absolute Gasteiger partial charge is 0.0594 e. The summed E-state index contributed by atoms with van der Waals surface area (Å²) in [4.78, 5) is 0. The van der Waals surface area contributed by atoms with Crippen molar-refractivity contribution in [2.75, 3.05) is 19.7 Å². The summed E-state index contributed by atoms with van der Waals surface area (Å²) in [6.07, 6.45) is 2.72. The van der Waals surface area contributed by atoms with Crippen molar-refractivity contribution >= 4 is 0 Å². The van der Waals surface area contributed by atoms with Gasteiger partial charge in [-0.05, 0) is 26.3 Å². The van der Waals surface area contributed by atoms with E-state index in [9.17, 15) is 0 Å². The molecular weight excluding hydrogens is 138 g/mol. The van der Waals surface area contributed by atoms with E-state index in [0.29, 0.717) is 6.10 Å². The van der Waals surface area contributed by atoms with Crippen LogP contribution in [0.15, 0.2) is 0 Å². The fourth-order valence-corrected chi connectivity index (χ4v) is 0.752. The monoisotopic (exact) mass is 159 g/mol. The van der Waals surface area contributed by atoms with Crippen LogP contribution in [0.2, 0.25) is 0 Å². The molecule has 1 N–H and O–H groups in total. The van der Waals surface area contributed by atoms with Crippen LogP contribution in [0.1, 0.15) is 33.6 Å². The van der Waals surface area contributed by atoms with Gasteiger partial charge in [0.05, 0.1) is 12.7 Å². The van der Waals surface area contributed by atoms with Crippen molar-refractivity contribution in [3.63, 3.8) is 0 Å². The SMILES string of the molecule is CCCNCCOC(C)CC. The first-order chi connectivity index (χ1) is 5.31. The first-order valence-corrected chi connectivity index (χ1v) is 4.63. The lowest BCUT2D eigenvalue weighted by Gasteiger charge is -2.10. The quantitative estimate of drug-likeness (QED) is 0.572. The third kappa shape index (κ3) is 7.82. The average Bonchev–Trinajstić information content (AvgIpc) is 2.04. The average molecular weight is 159 g/mol. The van der Waals surface area contributed by atoms with Gasteiger partial charge in [0.25, 0.3) is 0 Å². The summed E-state index contributed by atoms with van der Waals surface area (Å²) >= 11 is 0.